The number of aryl methyl sites for hydroxylation is 1. The second kappa shape index (κ2) is 7.04. The van der Waals surface area contributed by atoms with Crippen molar-refractivity contribution in [3.8, 4) is 6.07 Å². The van der Waals surface area contributed by atoms with Gasteiger partial charge in [0.05, 0.1) is 11.6 Å². The zero-order chi connectivity index (χ0) is 16.0. The summed E-state index contributed by atoms with van der Waals surface area (Å²) in [7, 11) is 0. The molecule has 110 valence electrons. The van der Waals surface area contributed by atoms with Crippen molar-refractivity contribution >= 4 is 6.29 Å². The minimum Gasteiger partial charge on any atom is -0.298 e. The number of aldehydes is 1. The highest BCUT2D eigenvalue weighted by atomic mass is 16.1. The molecule has 0 aliphatic heterocycles. The molecule has 0 amide bonds. The summed E-state index contributed by atoms with van der Waals surface area (Å²) in [5.41, 5.74) is 4.38. The van der Waals surface area contributed by atoms with E-state index < -0.39 is 0 Å². The van der Waals surface area contributed by atoms with Crippen molar-refractivity contribution in [3.05, 3.63) is 58.2 Å². The molecule has 2 heteroatoms. The molecule has 1 aromatic rings. The highest BCUT2D eigenvalue weighted by Crippen LogP contribution is 2.32. The predicted octanol–water partition coefficient (Wildman–Crippen LogP) is 4.63. The molecule has 1 atom stereocenters. The van der Waals surface area contributed by atoms with E-state index in [9.17, 15) is 10.1 Å². The summed E-state index contributed by atoms with van der Waals surface area (Å²) in [6.45, 7) is 9.97. The van der Waals surface area contributed by atoms with Gasteiger partial charge in [-0.05, 0) is 56.9 Å². The molecule has 0 spiro atoms. The molecule has 0 aromatic heterocycles. The topological polar surface area (TPSA) is 40.9 Å². The molecule has 1 unspecified atom stereocenters. The Morgan fingerprint density at radius 1 is 1.33 bits per heavy atom. The van der Waals surface area contributed by atoms with Crippen LogP contribution >= 0.6 is 0 Å². The van der Waals surface area contributed by atoms with Crippen LogP contribution in [0.5, 0.6) is 0 Å². The Hall–Kier alpha value is -2.14. The van der Waals surface area contributed by atoms with Crippen molar-refractivity contribution in [3.63, 3.8) is 0 Å². The molecule has 0 N–H and O–H groups in total. The Kier molecular flexibility index (Phi) is 5.67. The normalized spacial score (nSPS) is 14.0. The fraction of sp³-hybridized carbons (Fsp3) is 0.368. The number of hydrogen-bond acceptors (Lipinski definition) is 2. The van der Waals surface area contributed by atoms with Crippen LogP contribution in [0.25, 0.3) is 0 Å². The van der Waals surface area contributed by atoms with Crippen molar-refractivity contribution in [2.45, 2.75) is 46.5 Å². The van der Waals surface area contributed by atoms with Gasteiger partial charge in [-0.25, -0.2) is 0 Å². The molecule has 0 heterocycles. The van der Waals surface area contributed by atoms with Gasteiger partial charge in [-0.15, -0.1) is 0 Å². The van der Waals surface area contributed by atoms with Gasteiger partial charge < -0.3 is 0 Å². The van der Waals surface area contributed by atoms with Crippen molar-refractivity contribution < 1.29 is 4.79 Å². The van der Waals surface area contributed by atoms with Crippen LogP contribution in [-0.2, 0) is 10.2 Å². The van der Waals surface area contributed by atoms with Crippen LogP contribution < -0.4 is 0 Å². The molecule has 1 rings (SSSR count). The van der Waals surface area contributed by atoms with E-state index in [2.05, 4.69) is 32.9 Å². The molecule has 0 aliphatic carbocycles. The van der Waals surface area contributed by atoms with E-state index >= 15 is 0 Å². The Bertz CT molecular complexity index is 627. The average molecular weight is 281 g/mol. The molecule has 21 heavy (non-hydrogen) atoms. The number of hydrogen-bond donors (Lipinski definition) is 0. The highest BCUT2D eigenvalue weighted by Gasteiger charge is 2.24. The first-order valence-electron chi connectivity index (χ1n) is 7.11. The molecule has 0 bridgehead atoms. The van der Waals surface area contributed by atoms with Crippen LogP contribution in [0.3, 0.4) is 0 Å². The van der Waals surface area contributed by atoms with Crippen LogP contribution in [0.4, 0.5) is 0 Å². The van der Waals surface area contributed by atoms with Gasteiger partial charge in [0.2, 0.25) is 0 Å². The maximum Gasteiger partial charge on any atom is 0.145 e. The fourth-order valence-corrected chi connectivity index (χ4v) is 2.31. The maximum atomic E-state index is 11.0. The monoisotopic (exact) mass is 281 g/mol. The quantitative estimate of drug-likeness (QED) is 0.448. The third-order valence-electron chi connectivity index (χ3n) is 3.68. The number of carbonyl (C=O) groups is 1. The number of carbonyl (C=O) groups excluding carboxylic acids is 1. The smallest absolute Gasteiger partial charge is 0.145 e. The molecule has 0 saturated heterocycles. The number of benzene rings is 1. The van der Waals surface area contributed by atoms with E-state index in [1.54, 1.807) is 0 Å². The van der Waals surface area contributed by atoms with E-state index in [-0.39, 0.29) is 5.41 Å². The molecule has 2 nitrogen and oxygen atoms in total. The summed E-state index contributed by atoms with van der Waals surface area (Å²) in [5.74, 6) is 0. The summed E-state index contributed by atoms with van der Waals surface area (Å²) < 4.78 is 0. The average Bonchev–Trinajstić information content (AvgIpc) is 2.45. The highest BCUT2D eigenvalue weighted by molar-refractivity contribution is 5.72. The van der Waals surface area contributed by atoms with Crippen LogP contribution in [-0.4, -0.2) is 6.29 Å². The Morgan fingerprint density at radius 2 is 2.00 bits per heavy atom. The van der Waals surface area contributed by atoms with E-state index in [0.717, 1.165) is 23.8 Å². The van der Waals surface area contributed by atoms with Crippen LogP contribution in [0.15, 0.2) is 41.5 Å². The van der Waals surface area contributed by atoms with Crippen molar-refractivity contribution in [2.75, 3.05) is 0 Å². The zero-order valence-electron chi connectivity index (χ0n) is 13.5. The molecular weight excluding hydrogens is 258 g/mol. The van der Waals surface area contributed by atoms with Crippen molar-refractivity contribution in [1.29, 1.82) is 5.26 Å². The Balaban J connectivity index is 3.40. The number of nitriles is 1. The number of nitrogens with zero attached hydrogens (tertiary/aromatic N) is 1. The SMILES string of the molecule is CC(C)=CCC(C)(/C=C(\C)C=O)c1ccc(C)c(C#N)c1. The third kappa shape index (κ3) is 4.43. The zero-order valence-corrected chi connectivity index (χ0v) is 13.5. The van der Waals surface area contributed by atoms with Gasteiger partial charge in [0.25, 0.3) is 0 Å². The minimum absolute atomic E-state index is 0.290. The minimum atomic E-state index is -0.290. The summed E-state index contributed by atoms with van der Waals surface area (Å²) >= 11 is 0. The number of rotatable bonds is 5. The summed E-state index contributed by atoms with van der Waals surface area (Å²) in [6.07, 6.45) is 5.83. The maximum absolute atomic E-state index is 11.0. The molecule has 0 fully saturated rings. The molecule has 0 saturated carbocycles. The van der Waals surface area contributed by atoms with Crippen LogP contribution in [0, 0.1) is 18.3 Å². The van der Waals surface area contributed by atoms with Gasteiger partial charge in [-0.2, -0.15) is 5.26 Å². The van der Waals surface area contributed by atoms with E-state index in [0.29, 0.717) is 11.1 Å². The van der Waals surface area contributed by atoms with Crippen LogP contribution in [0.1, 0.15) is 50.8 Å². The third-order valence-corrected chi connectivity index (χ3v) is 3.68. The lowest BCUT2D eigenvalue weighted by atomic mass is 9.77. The molecule has 1 aromatic carbocycles. The standard InChI is InChI=1S/C19H23NO/c1-14(2)8-9-19(5,11-15(3)13-21)18-7-6-16(4)17(10-18)12-20/h6-8,10-11,13H,9H2,1-5H3/b15-11+. The summed E-state index contributed by atoms with van der Waals surface area (Å²) in [6, 6.07) is 8.18. The molecular formula is C19H23NO. The lowest BCUT2D eigenvalue weighted by Gasteiger charge is -2.27. The number of allylic oxidation sites excluding steroid dienone is 4. The van der Waals surface area contributed by atoms with Crippen molar-refractivity contribution in [2.24, 2.45) is 0 Å². The van der Waals surface area contributed by atoms with Gasteiger partial charge >= 0.3 is 0 Å². The van der Waals surface area contributed by atoms with Gasteiger partial charge in [-0.1, -0.05) is 36.8 Å². The molecule has 0 radical (unpaired) electrons. The van der Waals surface area contributed by atoms with Crippen molar-refractivity contribution in [1.82, 2.24) is 0 Å². The lowest BCUT2D eigenvalue weighted by Crippen LogP contribution is -2.19. The first-order chi connectivity index (χ1) is 9.82. The van der Waals surface area contributed by atoms with Gasteiger partial charge in [0.15, 0.2) is 0 Å². The second-order valence-corrected chi connectivity index (χ2v) is 6.05. The fourth-order valence-electron chi connectivity index (χ4n) is 2.31. The van der Waals surface area contributed by atoms with Crippen LogP contribution in [0.2, 0.25) is 0 Å². The Morgan fingerprint density at radius 3 is 2.52 bits per heavy atom. The second-order valence-electron chi connectivity index (χ2n) is 6.05. The van der Waals surface area contributed by atoms with E-state index in [1.807, 2.05) is 38.1 Å². The van der Waals surface area contributed by atoms with Gasteiger partial charge in [0, 0.05) is 5.41 Å². The first-order valence-corrected chi connectivity index (χ1v) is 7.11. The first kappa shape index (κ1) is 16.9. The van der Waals surface area contributed by atoms with E-state index in [1.165, 1.54) is 5.57 Å². The summed E-state index contributed by atoms with van der Waals surface area (Å²) in [4.78, 5) is 11.0. The van der Waals surface area contributed by atoms with Gasteiger partial charge in [-0.3, -0.25) is 4.79 Å². The lowest BCUT2D eigenvalue weighted by molar-refractivity contribution is -0.104. The summed E-state index contributed by atoms with van der Waals surface area (Å²) in [5, 5.41) is 9.22. The Labute approximate surface area is 127 Å². The predicted molar refractivity (Wildman–Crippen MR) is 87.1 cm³/mol. The molecule has 0 aliphatic rings. The van der Waals surface area contributed by atoms with Gasteiger partial charge in [0.1, 0.15) is 6.29 Å². The largest absolute Gasteiger partial charge is 0.298 e. The van der Waals surface area contributed by atoms with E-state index in [4.69, 9.17) is 0 Å².